The molecule has 2 heterocycles. The van der Waals surface area contributed by atoms with Crippen LogP contribution in [0.5, 0.6) is 0 Å². The first-order valence-corrected chi connectivity index (χ1v) is 4.30. The number of aromatic nitrogens is 1. The first kappa shape index (κ1) is 6.92. The zero-order chi connectivity index (χ0) is 7.68. The van der Waals surface area contributed by atoms with Crippen molar-refractivity contribution < 1.29 is 0 Å². The van der Waals surface area contributed by atoms with Crippen molar-refractivity contribution in [1.29, 1.82) is 0 Å². The molecule has 0 spiro atoms. The number of H-pyrrole nitrogens is 1. The Bertz CT molecular complexity index is 237. The van der Waals surface area contributed by atoms with E-state index in [1.54, 1.807) is 5.56 Å². The van der Waals surface area contributed by atoms with E-state index in [1.165, 1.54) is 17.7 Å². The number of rotatable bonds is 1. The number of fused-ring (bicyclic) bond motifs is 1. The zero-order valence-corrected chi connectivity index (χ0v) is 6.91. The van der Waals surface area contributed by atoms with E-state index in [-0.39, 0.29) is 0 Å². The third kappa shape index (κ3) is 1.07. The Balaban J connectivity index is 2.38. The monoisotopic (exact) mass is 150 g/mol. The van der Waals surface area contributed by atoms with E-state index in [4.69, 9.17) is 0 Å². The van der Waals surface area contributed by atoms with Gasteiger partial charge in [0.1, 0.15) is 0 Å². The van der Waals surface area contributed by atoms with Crippen LogP contribution in [0.2, 0.25) is 0 Å². The van der Waals surface area contributed by atoms with Gasteiger partial charge in [-0.25, -0.2) is 0 Å². The van der Waals surface area contributed by atoms with Crippen LogP contribution in [0.25, 0.3) is 0 Å². The Kier molecular flexibility index (Phi) is 1.70. The highest BCUT2D eigenvalue weighted by atomic mass is 14.9. The summed E-state index contributed by atoms with van der Waals surface area (Å²) in [7, 11) is 0. The number of nitrogens with one attached hydrogen (secondary N) is 2. The minimum atomic E-state index is 1.02. The SMILES string of the molecule is CCc1c[nH]c2c1CCNC2. The second kappa shape index (κ2) is 2.70. The van der Waals surface area contributed by atoms with Crippen LogP contribution < -0.4 is 5.32 Å². The average molecular weight is 150 g/mol. The number of aryl methyl sites for hydroxylation is 1. The molecule has 1 aromatic rings. The van der Waals surface area contributed by atoms with Gasteiger partial charge in [0.2, 0.25) is 0 Å². The topological polar surface area (TPSA) is 27.8 Å². The molecule has 0 radical (unpaired) electrons. The van der Waals surface area contributed by atoms with Crippen molar-refractivity contribution in [2.45, 2.75) is 26.3 Å². The van der Waals surface area contributed by atoms with Crippen molar-refractivity contribution in [1.82, 2.24) is 10.3 Å². The Morgan fingerprint density at radius 1 is 1.55 bits per heavy atom. The summed E-state index contributed by atoms with van der Waals surface area (Å²) in [6.45, 7) is 4.37. The first-order chi connectivity index (χ1) is 5.42. The summed E-state index contributed by atoms with van der Waals surface area (Å²) in [5.41, 5.74) is 4.46. The largest absolute Gasteiger partial charge is 0.363 e. The molecule has 1 aliphatic heterocycles. The first-order valence-electron chi connectivity index (χ1n) is 4.30. The van der Waals surface area contributed by atoms with Crippen molar-refractivity contribution in [3.05, 3.63) is 23.0 Å². The third-order valence-corrected chi connectivity index (χ3v) is 2.41. The van der Waals surface area contributed by atoms with Crippen molar-refractivity contribution in [3.63, 3.8) is 0 Å². The maximum Gasteiger partial charge on any atom is 0.0360 e. The lowest BCUT2D eigenvalue weighted by atomic mass is 10.0. The van der Waals surface area contributed by atoms with Crippen LogP contribution >= 0.6 is 0 Å². The highest BCUT2D eigenvalue weighted by Gasteiger charge is 2.12. The minimum absolute atomic E-state index is 1.02. The number of aromatic amines is 1. The van der Waals surface area contributed by atoms with E-state index in [9.17, 15) is 0 Å². The van der Waals surface area contributed by atoms with E-state index in [0.29, 0.717) is 0 Å². The van der Waals surface area contributed by atoms with Crippen LogP contribution in [0.15, 0.2) is 6.20 Å². The molecule has 0 saturated heterocycles. The van der Waals surface area contributed by atoms with Crippen LogP contribution in [0.3, 0.4) is 0 Å². The molecule has 0 bridgehead atoms. The molecule has 2 N–H and O–H groups in total. The normalized spacial score (nSPS) is 16.5. The highest BCUT2D eigenvalue weighted by molar-refractivity contribution is 5.32. The molecule has 0 amide bonds. The Morgan fingerprint density at radius 3 is 3.27 bits per heavy atom. The fraction of sp³-hybridized carbons (Fsp3) is 0.556. The maximum absolute atomic E-state index is 3.35. The predicted molar refractivity (Wildman–Crippen MR) is 45.6 cm³/mol. The molecular weight excluding hydrogens is 136 g/mol. The molecule has 2 rings (SSSR count). The van der Waals surface area contributed by atoms with Gasteiger partial charge in [0, 0.05) is 18.4 Å². The van der Waals surface area contributed by atoms with E-state index in [1.807, 2.05) is 0 Å². The predicted octanol–water partition coefficient (Wildman–Crippen LogP) is 1.22. The van der Waals surface area contributed by atoms with Crippen molar-refractivity contribution in [3.8, 4) is 0 Å². The van der Waals surface area contributed by atoms with Gasteiger partial charge in [-0.05, 0) is 30.5 Å². The van der Waals surface area contributed by atoms with Crippen LogP contribution in [0.1, 0.15) is 23.7 Å². The van der Waals surface area contributed by atoms with Gasteiger partial charge in [0.25, 0.3) is 0 Å². The minimum Gasteiger partial charge on any atom is -0.363 e. The molecule has 0 aromatic carbocycles. The summed E-state index contributed by atoms with van der Waals surface area (Å²) in [6.07, 6.45) is 4.51. The van der Waals surface area contributed by atoms with Crippen molar-refractivity contribution in [2.75, 3.05) is 6.54 Å². The lowest BCUT2D eigenvalue weighted by Crippen LogP contribution is -2.23. The van der Waals surface area contributed by atoms with E-state index < -0.39 is 0 Å². The second-order valence-electron chi connectivity index (χ2n) is 3.05. The Labute approximate surface area is 67.0 Å². The molecule has 0 fully saturated rings. The molecule has 0 aliphatic carbocycles. The summed E-state index contributed by atoms with van der Waals surface area (Å²) >= 11 is 0. The lowest BCUT2D eigenvalue weighted by molar-refractivity contribution is 0.632. The van der Waals surface area contributed by atoms with Gasteiger partial charge in [0.05, 0.1) is 0 Å². The molecule has 2 nitrogen and oxygen atoms in total. The summed E-state index contributed by atoms with van der Waals surface area (Å²) in [6, 6.07) is 0. The summed E-state index contributed by atoms with van der Waals surface area (Å²) in [5.74, 6) is 0. The van der Waals surface area contributed by atoms with Crippen LogP contribution in [-0.4, -0.2) is 11.5 Å². The van der Waals surface area contributed by atoms with Crippen LogP contribution in [0.4, 0.5) is 0 Å². The summed E-state index contributed by atoms with van der Waals surface area (Å²) in [4.78, 5) is 3.31. The molecule has 60 valence electrons. The molecular formula is C9H14N2. The smallest absolute Gasteiger partial charge is 0.0360 e. The van der Waals surface area contributed by atoms with Crippen molar-refractivity contribution >= 4 is 0 Å². The molecule has 11 heavy (non-hydrogen) atoms. The van der Waals surface area contributed by atoms with E-state index >= 15 is 0 Å². The Hall–Kier alpha value is -0.760. The van der Waals surface area contributed by atoms with Gasteiger partial charge in [-0.2, -0.15) is 0 Å². The molecule has 0 saturated carbocycles. The van der Waals surface area contributed by atoms with Gasteiger partial charge in [-0.15, -0.1) is 0 Å². The number of hydrogen-bond donors (Lipinski definition) is 2. The summed E-state index contributed by atoms with van der Waals surface area (Å²) < 4.78 is 0. The molecule has 1 aromatic heterocycles. The van der Waals surface area contributed by atoms with Gasteiger partial charge in [-0.3, -0.25) is 0 Å². The van der Waals surface area contributed by atoms with Gasteiger partial charge < -0.3 is 10.3 Å². The number of hydrogen-bond acceptors (Lipinski definition) is 1. The van der Waals surface area contributed by atoms with Gasteiger partial charge >= 0.3 is 0 Å². The van der Waals surface area contributed by atoms with Crippen LogP contribution in [0, 0.1) is 0 Å². The summed E-state index contributed by atoms with van der Waals surface area (Å²) in [5, 5.41) is 3.35. The zero-order valence-electron chi connectivity index (χ0n) is 6.91. The lowest BCUT2D eigenvalue weighted by Gasteiger charge is -2.13. The second-order valence-corrected chi connectivity index (χ2v) is 3.05. The quantitative estimate of drug-likeness (QED) is 0.619. The third-order valence-electron chi connectivity index (χ3n) is 2.41. The molecule has 2 heteroatoms. The molecule has 1 aliphatic rings. The van der Waals surface area contributed by atoms with Gasteiger partial charge in [0.15, 0.2) is 0 Å². The fourth-order valence-corrected chi connectivity index (χ4v) is 1.75. The van der Waals surface area contributed by atoms with Crippen molar-refractivity contribution in [2.24, 2.45) is 0 Å². The standard InChI is InChI=1S/C9H14N2/c1-2-7-5-11-9-6-10-4-3-8(7)9/h5,10-11H,2-4,6H2,1H3. The molecule has 0 unspecified atom stereocenters. The van der Waals surface area contributed by atoms with E-state index in [0.717, 1.165) is 19.5 Å². The maximum atomic E-state index is 3.35. The Morgan fingerprint density at radius 2 is 2.45 bits per heavy atom. The fourth-order valence-electron chi connectivity index (χ4n) is 1.75. The average Bonchev–Trinajstić information content (AvgIpc) is 2.47. The highest BCUT2D eigenvalue weighted by Crippen LogP contribution is 2.17. The van der Waals surface area contributed by atoms with Gasteiger partial charge in [-0.1, -0.05) is 6.92 Å². The van der Waals surface area contributed by atoms with E-state index in [2.05, 4.69) is 23.4 Å². The van der Waals surface area contributed by atoms with Crippen LogP contribution in [-0.2, 0) is 19.4 Å². The molecule has 0 atom stereocenters.